The van der Waals surface area contributed by atoms with Crippen LogP contribution in [-0.2, 0) is 4.79 Å². The van der Waals surface area contributed by atoms with Gasteiger partial charge in [-0.3, -0.25) is 4.79 Å². The second kappa shape index (κ2) is 2.33. The fraction of sp³-hybridized carbons (Fsp3) is 0.444. The second-order valence-electron chi connectivity index (χ2n) is 3.64. The summed E-state index contributed by atoms with van der Waals surface area (Å²) in [6, 6.07) is 4.31. The summed E-state index contributed by atoms with van der Waals surface area (Å²) in [6.07, 6.45) is 0. The largest absolute Gasteiger partial charge is 0.347 e. The Hall–Kier alpha value is -0.830. The van der Waals surface area contributed by atoms with Crippen molar-refractivity contribution in [2.45, 2.75) is 19.9 Å². The number of β-lactam (4-membered cyclic amide) rings is 1. The van der Waals surface area contributed by atoms with Crippen LogP contribution in [0.2, 0.25) is 0 Å². The Morgan fingerprint density at radius 2 is 2.33 bits per heavy atom. The molecule has 1 atom stereocenters. The highest BCUT2D eigenvalue weighted by molar-refractivity contribution is 7.10. The number of nitrogens with one attached hydrogen (secondary N) is 1. The Balaban J connectivity index is 2.25. The van der Waals surface area contributed by atoms with E-state index in [0.29, 0.717) is 0 Å². The van der Waals surface area contributed by atoms with Crippen LogP contribution in [0, 0.1) is 5.41 Å². The smallest absolute Gasteiger partial charge is 0.228 e. The molecule has 2 nitrogen and oxygen atoms in total. The van der Waals surface area contributed by atoms with Gasteiger partial charge in [-0.15, -0.1) is 11.3 Å². The van der Waals surface area contributed by atoms with Gasteiger partial charge >= 0.3 is 0 Å². The number of amides is 1. The van der Waals surface area contributed by atoms with Crippen LogP contribution in [0.15, 0.2) is 17.5 Å². The fourth-order valence-corrected chi connectivity index (χ4v) is 2.39. The van der Waals surface area contributed by atoms with Crippen LogP contribution < -0.4 is 5.32 Å². The van der Waals surface area contributed by atoms with Crippen LogP contribution in [0.5, 0.6) is 0 Å². The molecule has 0 radical (unpaired) electrons. The molecule has 12 heavy (non-hydrogen) atoms. The molecular formula is C9H11NOS. The van der Waals surface area contributed by atoms with Crippen molar-refractivity contribution in [1.29, 1.82) is 0 Å². The SMILES string of the molecule is CC1(C)C(=O)NC1c1cccs1. The molecule has 0 aliphatic carbocycles. The van der Waals surface area contributed by atoms with Gasteiger partial charge in [0.05, 0.1) is 11.5 Å². The summed E-state index contributed by atoms with van der Waals surface area (Å²) >= 11 is 1.70. The summed E-state index contributed by atoms with van der Waals surface area (Å²) in [4.78, 5) is 12.4. The van der Waals surface area contributed by atoms with Gasteiger partial charge in [0.2, 0.25) is 5.91 Å². The molecule has 0 aromatic carbocycles. The fourth-order valence-electron chi connectivity index (χ4n) is 1.43. The summed E-state index contributed by atoms with van der Waals surface area (Å²) in [6.45, 7) is 3.96. The number of thiophene rings is 1. The van der Waals surface area contributed by atoms with E-state index in [1.807, 2.05) is 25.3 Å². The highest BCUT2D eigenvalue weighted by atomic mass is 32.1. The van der Waals surface area contributed by atoms with E-state index < -0.39 is 0 Å². The van der Waals surface area contributed by atoms with E-state index in [1.165, 1.54) is 4.88 Å². The molecular weight excluding hydrogens is 170 g/mol. The van der Waals surface area contributed by atoms with Crippen molar-refractivity contribution in [2.75, 3.05) is 0 Å². The van der Waals surface area contributed by atoms with Crippen LogP contribution in [0.3, 0.4) is 0 Å². The van der Waals surface area contributed by atoms with E-state index in [9.17, 15) is 4.79 Å². The average molecular weight is 181 g/mol. The molecule has 1 amide bonds. The molecule has 1 aliphatic rings. The van der Waals surface area contributed by atoms with Gasteiger partial charge in [0.25, 0.3) is 0 Å². The predicted molar refractivity (Wildman–Crippen MR) is 49.0 cm³/mol. The summed E-state index contributed by atoms with van der Waals surface area (Å²) in [5, 5.41) is 4.94. The zero-order valence-corrected chi connectivity index (χ0v) is 7.94. The van der Waals surface area contributed by atoms with Crippen molar-refractivity contribution in [2.24, 2.45) is 5.41 Å². The Bertz CT molecular complexity index is 302. The second-order valence-corrected chi connectivity index (χ2v) is 4.62. The van der Waals surface area contributed by atoms with E-state index in [0.717, 1.165) is 0 Å². The first-order valence-electron chi connectivity index (χ1n) is 3.97. The van der Waals surface area contributed by atoms with Gasteiger partial charge in [0, 0.05) is 4.88 Å². The molecule has 0 bridgehead atoms. The van der Waals surface area contributed by atoms with Crippen LogP contribution in [-0.4, -0.2) is 5.91 Å². The Morgan fingerprint density at radius 3 is 2.75 bits per heavy atom. The number of rotatable bonds is 1. The van der Waals surface area contributed by atoms with Gasteiger partial charge in [-0.1, -0.05) is 6.07 Å². The molecule has 2 rings (SSSR count). The van der Waals surface area contributed by atoms with Crippen molar-refractivity contribution in [1.82, 2.24) is 5.32 Å². The van der Waals surface area contributed by atoms with Crippen LogP contribution >= 0.6 is 11.3 Å². The molecule has 2 heterocycles. The molecule has 1 aromatic rings. The Kier molecular flexibility index (Phi) is 1.51. The molecule has 1 N–H and O–H groups in total. The molecule has 1 unspecified atom stereocenters. The van der Waals surface area contributed by atoms with Crippen molar-refractivity contribution < 1.29 is 4.79 Å². The first-order chi connectivity index (χ1) is 5.62. The third kappa shape index (κ3) is 0.894. The minimum atomic E-state index is -0.217. The minimum absolute atomic E-state index is 0.154. The third-order valence-electron chi connectivity index (χ3n) is 2.41. The lowest BCUT2D eigenvalue weighted by Crippen LogP contribution is -2.57. The number of carbonyl (C=O) groups is 1. The first-order valence-corrected chi connectivity index (χ1v) is 4.84. The molecule has 1 aromatic heterocycles. The number of carbonyl (C=O) groups excluding carboxylic acids is 1. The van der Waals surface area contributed by atoms with Crippen LogP contribution in [0.4, 0.5) is 0 Å². The van der Waals surface area contributed by atoms with Gasteiger partial charge in [-0.2, -0.15) is 0 Å². The molecule has 3 heteroatoms. The van der Waals surface area contributed by atoms with Crippen molar-refractivity contribution in [3.05, 3.63) is 22.4 Å². The van der Waals surface area contributed by atoms with Crippen molar-refractivity contribution >= 4 is 17.2 Å². The molecule has 1 aliphatic heterocycles. The first kappa shape index (κ1) is 7.80. The van der Waals surface area contributed by atoms with Gasteiger partial charge in [-0.25, -0.2) is 0 Å². The summed E-state index contributed by atoms with van der Waals surface area (Å²) < 4.78 is 0. The third-order valence-corrected chi connectivity index (χ3v) is 3.35. The molecule has 0 saturated carbocycles. The maximum Gasteiger partial charge on any atom is 0.228 e. The van der Waals surface area contributed by atoms with E-state index in [2.05, 4.69) is 11.4 Å². The van der Waals surface area contributed by atoms with Crippen molar-refractivity contribution in [3.8, 4) is 0 Å². The Morgan fingerprint density at radius 1 is 1.58 bits per heavy atom. The average Bonchev–Trinajstić information content (AvgIpc) is 2.51. The maximum absolute atomic E-state index is 11.2. The van der Waals surface area contributed by atoms with Gasteiger partial charge in [0.1, 0.15) is 0 Å². The van der Waals surface area contributed by atoms with Crippen molar-refractivity contribution in [3.63, 3.8) is 0 Å². The Labute approximate surface area is 75.6 Å². The highest BCUT2D eigenvalue weighted by Crippen LogP contribution is 2.42. The summed E-state index contributed by atoms with van der Waals surface area (Å²) in [5.74, 6) is 0.154. The predicted octanol–water partition coefficient (Wildman–Crippen LogP) is 1.95. The lowest BCUT2D eigenvalue weighted by molar-refractivity contribution is -0.142. The minimum Gasteiger partial charge on any atom is -0.347 e. The quantitative estimate of drug-likeness (QED) is 0.659. The van der Waals surface area contributed by atoms with E-state index >= 15 is 0 Å². The molecule has 1 saturated heterocycles. The lowest BCUT2D eigenvalue weighted by atomic mass is 9.75. The number of hydrogen-bond acceptors (Lipinski definition) is 2. The van der Waals surface area contributed by atoms with E-state index in [1.54, 1.807) is 11.3 Å². The highest BCUT2D eigenvalue weighted by Gasteiger charge is 2.48. The normalized spacial score (nSPS) is 26.2. The summed E-state index contributed by atoms with van der Waals surface area (Å²) in [7, 11) is 0. The zero-order chi connectivity index (χ0) is 8.77. The molecule has 0 spiro atoms. The molecule has 1 fully saturated rings. The van der Waals surface area contributed by atoms with E-state index in [-0.39, 0.29) is 17.4 Å². The van der Waals surface area contributed by atoms with Crippen LogP contribution in [0.25, 0.3) is 0 Å². The summed E-state index contributed by atoms with van der Waals surface area (Å²) in [5.41, 5.74) is -0.217. The van der Waals surface area contributed by atoms with Crippen LogP contribution in [0.1, 0.15) is 24.8 Å². The zero-order valence-electron chi connectivity index (χ0n) is 7.13. The monoisotopic (exact) mass is 181 g/mol. The van der Waals surface area contributed by atoms with E-state index in [4.69, 9.17) is 0 Å². The number of hydrogen-bond donors (Lipinski definition) is 1. The van der Waals surface area contributed by atoms with Gasteiger partial charge in [0.15, 0.2) is 0 Å². The lowest BCUT2D eigenvalue weighted by Gasteiger charge is -2.43. The van der Waals surface area contributed by atoms with Gasteiger partial charge < -0.3 is 5.32 Å². The topological polar surface area (TPSA) is 29.1 Å². The standard InChI is InChI=1S/C9H11NOS/c1-9(2)7(10-8(9)11)6-4-3-5-12-6/h3-5,7H,1-2H3,(H,10,11). The molecule has 64 valence electrons. The maximum atomic E-state index is 11.2. The van der Waals surface area contributed by atoms with Gasteiger partial charge in [-0.05, 0) is 25.3 Å².